The van der Waals surface area contributed by atoms with Crippen molar-refractivity contribution in [3.63, 3.8) is 0 Å². The van der Waals surface area contributed by atoms with Crippen LogP contribution in [0.3, 0.4) is 0 Å². The van der Waals surface area contributed by atoms with Gasteiger partial charge in [0, 0.05) is 20.0 Å². The van der Waals surface area contributed by atoms with E-state index in [-0.39, 0.29) is 5.91 Å². The highest BCUT2D eigenvalue weighted by atomic mass is 16.5. The number of aryl methyl sites for hydroxylation is 1. The number of benzene rings is 1. The van der Waals surface area contributed by atoms with Gasteiger partial charge in [-0.05, 0) is 68.3 Å². The topological polar surface area (TPSA) is 41.6 Å². The zero-order valence-electron chi connectivity index (χ0n) is 15.4. The van der Waals surface area contributed by atoms with Crippen molar-refractivity contribution in [1.29, 1.82) is 0 Å². The van der Waals surface area contributed by atoms with E-state index in [2.05, 4.69) is 24.4 Å². The first-order valence-corrected chi connectivity index (χ1v) is 9.17. The molecule has 0 bridgehead atoms. The van der Waals surface area contributed by atoms with Gasteiger partial charge in [-0.25, -0.2) is 0 Å². The normalized spacial score (nSPS) is 18.9. The third-order valence-corrected chi connectivity index (χ3v) is 5.18. The molecule has 134 valence electrons. The number of hydrogen-bond acceptors (Lipinski definition) is 3. The second-order valence-corrected chi connectivity index (χ2v) is 7.05. The molecule has 1 fully saturated rings. The Morgan fingerprint density at radius 1 is 1.38 bits per heavy atom. The van der Waals surface area contributed by atoms with Gasteiger partial charge in [0.1, 0.15) is 5.75 Å². The minimum absolute atomic E-state index is 0.280. The number of rotatable bonds is 8. The van der Waals surface area contributed by atoms with Crippen molar-refractivity contribution in [3.05, 3.63) is 29.8 Å². The van der Waals surface area contributed by atoms with Gasteiger partial charge in [-0.2, -0.15) is 0 Å². The van der Waals surface area contributed by atoms with Crippen molar-refractivity contribution < 1.29 is 9.53 Å². The van der Waals surface area contributed by atoms with E-state index in [1.54, 1.807) is 7.11 Å². The van der Waals surface area contributed by atoms with Gasteiger partial charge in [-0.1, -0.05) is 19.1 Å². The summed E-state index contributed by atoms with van der Waals surface area (Å²) < 4.78 is 5.17. The van der Waals surface area contributed by atoms with E-state index in [0.29, 0.717) is 18.3 Å². The molecule has 0 aromatic heterocycles. The Hall–Kier alpha value is -1.55. The monoisotopic (exact) mass is 332 g/mol. The lowest BCUT2D eigenvalue weighted by molar-refractivity contribution is -0.131. The number of methoxy groups -OCH3 is 1. The van der Waals surface area contributed by atoms with Crippen LogP contribution in [0, 0.1) is 11.8 Å². The van der Waals surface area contributed by atoms with Crippen molar-refractivity contribution in [1.82, 2.24) is 10.2 Å². The number of piperidine rings is 1. The first-order chi connectivity index (χ1) is 11.6. The molecule has 2 unspecified atom stereocenters. The molecule has 1 saturated heterocycles. The smallest absolute Gasteiger partial charge is 0.222 e. The predicted molar refractivity (Wildman–Crippen MR) is 98.3 cm³/mol. The summed E-state index contributed by atoms with van der Waals surface area (Å²) in [5.41, 5.74) is 1.29. The van der Waals surface area contributed by atoms with Crippen LogP contribution in [0.1, 0.15) is 38.2 Å². The maximum absolute atomic E-state index is 12.4. The highest BCUT2D eigenvalue weighted by molar-refractivity contribution is 5.76. The summed E-state index contributed by atoms with van der Waals surface area (Å²) in [5, 5.41) is 3.44. The number of carbonyl (C=O) groups excluding carboxylic acids is 1. The molecule has 0 saturated carbocycles. The van der Waals surface area contributed by atoms with Gasteiger partial charge in [0.25, 0.3) is 0 Å². The Labute approximate surface area is 146 Å². The summed E-state index contributed by atoms with van der Waals surface area (Å²) >= 11 is 0. The number of ether oxygens (including phenoxy) is 1. The first kappa shape index (κ1) is 18.8. The van der Waals surface area contributed by atoms with Crippen LogP contribution in [0.25, 0.3) is 0 Å². The van der Waals surface area contributed by atoms with E-state index >= 15 is 0 Å². The molecule has 0 aliphatic carbocycles. The molecule has 0 spiro atoms. The highest BCUT2D eigenvalue weighted by Crippen LogP contribution is 2.23. The van der Waals surface area contributed by atoms with E-state index in [1.807, 2.05) is 24.1 Å². The predicted octanol–water partition coefficient (Wildman–Crippen LogP) is 3.11. The standard InChI is InChI=1S/C20H32N2O2/c1-16(18-7-4-12-21-15-18)14-20(23)22(2)13-5-6-17-8-10-19(24-3)11-9-17/h8-11,16,18,21H,4-7,12-15H2,1-3H3. The minimum Gasteiger partial charge on any atom is -0.497 e. The van der Waals surface area contributed by atoms with Crippen molar-refractivity contribution in [2.24, 2.45) is 11.8 Å². The Morgan fingerprint density at radius 3 is 2.75 bits per heavy atom. The van der Waals surface area contributed by atoms with Crippen LogP contribution < -0.4 is 10.1 Å². The maximum Gasteiger partial charge on any atom is 0.222 e. The van der Waals surface area contributed by atoms with Crippen molar-refractivity contribution in [3.8, 4) is 5.75 Å². The Kier molecular flexibility index (Phi) is 7.57. The lowest BCUT2D eigenvalue weighted by atomic mass is 9.85. The molecule has 1 aliphatic heterocycles. The van der Waals surface area contributed by atoms with Gasteiger partial charge in [0.15, 0.2) is 0 Å². The Bertz CT molecular complexity index is 495. The fourth-order valence-corrected chi connectivity index (χ4v) is 3.40. The molecule has 1 heterocycles. The zero-order chi connectivity index (χ0) is 17.4. The maximum atomic E-state index is 12.4. The van der Waals surface area contributed by atoms with Crippen molar-refractivity contribution in [2.75, 3.05) is 33.8 Å². The number of nitrogens with zero attached hydrogens (tertiary/aromatic N) is 1. The van der Waals surface area contributed by atoms with Gasteiger partial charge in [0.2, 0.25) is 5.91 Å². The SMILES string of the molecule is COc1ccc(CCCN(C)C(=O)CC(C)C2CCCNC2)cc1. The minimum atomic E-state index is 0.280. The largest absolute Gasteiger partial charge is 0.497 e. The number of carbonyl (C=O) groups is 1. The van der Waals surface area contributed by atoms with Gasteiger partial charge in [0.05, 0.1) is 7.11 Å². The third kappa shape index (κ3) is 5.82. The highest BCUT2D eigenvalue weighted by Gasteiger charge is 2.23. The lowest BCUT2D eigenvalue weighted by Crippen LogP contribution is -2.36. The average molecular weight is 332 g/mol. The molecule has 1 aromatic carbocycles. The van der Waals surface area contributed by atoms with Crippen LogP contribution in [0.4, 0.5) is 0 Å². The van der Waals surface area contributed by atoms with Gasteiger partial charge >= 0.3 is 0 Å². The second-order valence-electron chi connectivity index (χ2n) is 7.05. The van der Waals surface area contributed by atoms with E-state index in [9.17, 15) is 4.79 Å². The molecule has 4 nitrogen and oxygen atoms in total. The summed E-state index contributed by atoms with van der Waals surface area (Å²) in [6.45, 7) is 5.24. The zero-order valence-corrected chi connectivity index (χ0v) is 15.4. The molecule has 1 N–H and O–H groups in total. The lowest BCUT2D eigenvalue weighted by Gasteiger charge is -2.29. The molecular formula is C20H32N2O2. The van der Waals surface area contributed by atoms with Crippen LogP contribution in [0.5, 0.6) is 5.75 Å². The van der Waals surface area contributed by atoms with Crippen LogP contribution in [-0.4, -0.2) is 44.6 Å². The third-order valence-electron chi connectivity index (χ3n) is 5.18. The first-order valence-electron chi connectivity index (χ1n) is 9.17. The van der Waals surface area contributed by atoms with E-state index in [4.69, 9.17) is 4.74 Å². The molecule has 2 rings (SSSR count). The summed E-state index contributed by atoms with van der Waals surface area (Å²) in [4.78, 5) is 14.3. The molecule has 2 atom stereocenters. The summed E-state index contributed by atoms with van der Waals surface area (Å²) in [6, 6.07) is 8.17. The number of nitrogens with one attached hydrogen (secondary N) is 1. The second kappa shape index (κ2) is 9.67. The summed E-state index contributed by atoms with van der Waals surface area (Å²) in [5.74, 6) is 2.28. The fourth-order valence-electron chi connectivity index (χ4n) is 3.40. The van der Waals surface area contributed by atoms with Crippen LogP contribution >= 0.6 is 0 Å². The molecule has 1 aliphatic rings. The summed E-state index contributed by atoms with van der Waals surface area (Å²) in [7, 11) is 3.61. The molecule has 4 heteroatoms. The molecular weight excluding hydrogens is 300 g/mol. The van der Waals surface area contributed by atoms with Crippen molar-refractivity contribution >= 4 is 5.91 Å². The number of amides is 1. The Morgan fingerprint density at radius 2 is 2.12 bits per heavy atom. The van der Waals surface area contributed by atoms with E-state index < -0.39 is 0 Å². The molecule has 0 radical (unpaired) electrons. The van der Waals surface area contributed by atoms with Gasteiger partial charge < -0.3 is 15.0 Å². The summed E-state index contributed by atoms with van der Waals surface area (Å²) in [6.07, 6.45) is 5.15. The van der Waals surface area contributed by atoms with Crippen LogP contribution in [0.2, 0.25) is 0 Å². The van der Waals surface area contributed by atoms with Crippen LogP contribution in [-0.2, 0) is 11.2 Å². The number of hydrogen-bond donors (Lipinski definition) is 1. The quantitative estimate of drug-likeness (QED) is 0.795. The Balaban J connectivity index is 1.68. The fraction of sp³-hybridized carbons (Fsp3) is 0.650. The van der Waals surface area contributed by atoms with Crippen LogP contribution in [0.15, 0.2) is 24.3 Å². The van der Waals surface area contributed by atoms with Gasteiger partial charge in [-0.15, -0.1) is 0 Å². The van der Waals surface area contributed by atoms with E-state index in [0.717, 1.165) is 38.2 Å². The molecule has 1 amide bonds. The van der Waals surface area contributed by atoms with Gasteiger partial charge in [-0.3, -0.25) is 4.79 Å². The van der Waals surface area contributed by atoms with Crippen molar-refractivity contribution in [2.45, 2.75) is 39.0 Å². The van der Waals surface area contributed by atoms with E-state index in [1.165, 1.54) is 18.4 Å². The average Bonchev–Trinajstić information content (AvgIpc) is 2.62. The molecule has 1 aromatic rings. The molecule has 24 heavy (non-hydrogen) atoms.